The van der Waals surface area contributed by atoms with Gasteiger partial charge in [-0.3, -0.25) is 14.4 Å². The Morgan fingerprint density at radius 3 is 2.58 bits per heavy atom. The third-order valence-electron chi connectivity index (χ3n) is 10.8. The van der Waals surface area contributed by atoms with Crippen molar-refractivity contribution in [2.75, 3.05) is 19.0 Å². The van der Waals surface area contributed by atoms with Crippen molar-refractivity contribution >= 4 is 57.2 Å². The Bertz CT molecular complexity index is 2000. The Hall–Kier alpha value is -5.25. The van der Waals surface area contributed by atoms with Crippen molar-refractivity contribution in [3.8, 4) is 22.9 Å². The topological polar surface area (TPSA) is 198 Å². The summed E-state index contributed by atoms with van der Waals surface area (Å²) in [6.07, 6.45) is 9.41. The number of rotatable bonds is 8. The number of benzene rings is 1. The van der Waals surface area contributed by atoms with E-state index >= 15 is 0 Å². The van der Waals surface area contributed by atoms with Crippen LogP contribution in [0.2, 0.25) is 0 Å². The molecule has 2 aliphatic carbocycles. The van der Waals surface area contributed by atoms with Gasteiger partial charge in [0.25, 0.3) is 0 Å². The zero-order chi connectivity index (χ0) is 38.7. The number of anilines is 1. The standard InChI is InChI=1S/C39H46N6O9S/c1-22(46)40-37-42-31(21-55-37)30-18-33(27-15-14-25(52-2)16-29(27)41-30)53-26-17-32-34(47)44-39(36(49)50)19-23(39)10-6-4-3-5-7-13-28(35(48)45(32)20-26)43-38(51)54-24-11-8-9-12-24/h6,10,14-16,18,21,23-24,26,28,32H,3-5,7-9,11-13,17,19-20H2,1-2H3,(H,43,51)(H,44,47)(H,49,50)(H,40,42,46)/b10-6-/t23-,26-,28+,32+,39-/m1/s1. The van der Waals surface area contributed by atoms with Gasteiger partial charge < -0.3 is 40.2 Å². The monoisotopic (exact) mass is 774 g/mol. The number of nitrogens with zero attached hydrogens (tertiary/aromatic N) is 3. The summed E-state index contributed by atoms with van der Waals surface area (Å²) in [6.45, 7) is 1.39. The number of fused-ring (bicyclic) bond motifs is 3. The number of aromatic nitrogens is 2. The summed E-state index contributed by atoms with van der Waals surface area (Å²) in [7, 11) is 1.55. The molecule has 4 amide bonds. The molecule has 1 saturated heterocycles. The van der Waals surface area contributed by atoms with Crippen molar-refractivity contribution in [3.05, 3.63) is 41.8 Å². The first-order valence-electron chi connectivity index (χ1n) is 18.9. The van der Waals surface area contributed by atoms with Crippen LogP contribution in [0.3, 0.4) is 0 Å². The molecule has 4 N–H and O–H groups in total. The normalized spacial score (nSPS) is 26.5. The number of amides is 4. The van der Waals surface area contributed by atoms with Gasteiger partial charge in [-0.05, 0) is 63.5 Å². The Morgan fingerprint density at radius 1 is 1.02 bits per heavy atom. The SMILES string of the molecule is COc1ccc2c(O[C@@H]3C[C@H]4C(=O)N[C@]5(C(=O)O)C[C@H]5/C=C\CCCCC[C@H](NC(=O)OC5CCCC5)C(=O)N4C3)cc(-c3csc(NC(C)=O)n3)nc2c1. The predicted molar refractivity (Wildman–Crippen MR) is 203 cm³/mol. The van der Waals surface area contributed by atoms with Gasteiger partial charge in [0.1, 0.15) is 47.0 Å². The lowest BCUT2D eigenvalue weighted by molar-refractivity contribution is -0.145. The number of allylic oxidation sites excluding steroid dienone is 1. The van der Waals surface area contributed by atoms with E-state index in [9.17, 15) is 29.1 Å². The molecular formula is C39H46N6O9S. The fraction of sp³-hybridized carbons (Fsp3) is 0.513. The molecule has 0 spiro atoms. The van der Waals surface area contributed by atoms with Crippen LogP contribution in [0, 0.1) is 5.92 Å². The van der Waals surface area contributed by atoms with Crippen molar-refractivity contribution in [1.82, 2.24) is 25.5 Å². The van der Waals surface area contributed by atoms with Crippen LogP contribution < -0.4 is 25.4 Å². The van der Waals surface area contributed by atoms with E-state index < -0.39 is 47.6 Å². The zero-order valence-electron chi connectivity index (χ0n) is 30.9. The van der Waals surface area contributed by atoms with E-state index in [1.807, 2.05) is 18.2 Å². The molecule has 0 bridgehead atoms. The number of methoxy groups -OCH3 is 1. The number of carboxylic acids is 1. The molecule has 16 heteroatoms. The Kier molecular flexibility index (Phi) is 11.2. The first-order valence-corrected chi connectivity index (χ1v) is 19.8. The van der Waals surface area contributed by atoms with Crippen LogP contribution in [0.4, 0.5) is 9.93 Å². The van der Waals surface area contributed by atoms with Gasteiger partial charge >= 0.3 is 12.1 Å². The number of pyridine rings is 1. The fourth-order valence-corrected chi connectivity index (χ4v) is 8.54. The summed E-state index contributed by atoms with van der Waals surface area (Å²) in [4.78, 5) is 76.8. The minimum absolute atomic E-state index is 0.00510. The maximum absolute atomic E-state index is 14.5. The first kappa shape index (κ1) is 38.0. The average Bonchev–Trinajstić information content (AvgIpc) is 3.58. The zero-order valence-corrected chi connectivity index (χ0v) is 31.7. The van der Waals surface area contributed by atoms with E-state index in [1.54, 1.807) is 30.7 Å². The summed E-state index contributed by atoms with van der Waals surface area (Å²) in [5.41, 5.74) is 0.0426. The molecule has 7 rings (SSSR count). The molecule has 55 heavy (non-hydrogen) atoms. The van der Waals surface area contributed by atoms with Crippen LogP contribution in [0.5, 0.6) is 11.5 Å². The van der Waals surface area contributed by atoms with Gasteiger partial charge in [0.05, 0.1) is 24.9 Å². The van der Waals surface area contributed by atoms with Crippen molar-refractivity contribution < 1.29 is 43.3 Å². The second kappa shape index (κ2) is 16.2. The van der Waals surface area contributed by atoms with E-state index in [1.165, 1.54) is 23.2 Å². The van der Waals surface area contributed by atoms with Gasteiger partial charge in [0, 0.05) is 42.2 Å². The number of hydrogen-bond donors (Lipinski definition) is 4. The number of nitrogens with one attached hydrogen (secondary N) is 3. The van der Waals surface area contributed by atoms with Crippen molar-refractivity contribution in [2.24, 2.45) is 5.92 Å². The molecule has 5 atom stereocenters. The third-order valence-corrected chi connectivity index (χ3v) is 11.6. The highest BCUT2D eigenvalue weighted by Crippen LogP contribution is 2.45. The molecule has 4 heterocycles. The molecular weight excluding hydrogens is 729 g/mol. The molecule has 1 aromatic carbocycles. The molecule has 2 saturated carbocycles. The summed E-state index contributed by atoms with van der Waals surface area (Å²) < 4.78 is 17.8. The molecule has 2 aromatic heterocycles. The van der Waals surface area contributed by atoms with E-state index in [-0.39, 0.29) is 37.3 Å². The van der Waals surface area contributed by atoms with Crippen LogP contribution in [0.15, 0.2) is 41.8 Å². The quantitative estimate of drug-likeness (QED) is 0.220. The van der Waals surface area contributed by atoms with E-state index in [4.69, 9.17) is 19.2 Å². The molecule has 0 unspecified atom stereocenters. The minimum atomic E-state index is -1.47. The highest BCUT2D eigenvalue weighted by molar-refractivity contribution is 7.14. The van der Waals surface area contributed by atoms with Gasteiger partial charge in [-0.15, -0.1) is 11.3 Å². The summed E-state index contributed by atoms with van der Waals surface area (Å²) in [5, 5.41) is 21.4. The van der Waals surface area contributed by atoms with E-state index in [0.717, 1.165) is 44.9 Å². The Balaban J connectivity index is 1.20. The second-order valence-electron chi connectivity index (χ2n) is 14.7. The van der Waals surface area contributed by atoms with Gasteiger partial charge in [0.15, 0.2) is 5.13 Å². The Labute approximate surface area is 322 Å². The summed E-state index contributed by atoms with van der Waals surface area (Å²) >= 11 is 1.25. The smallest absolute Gasteiger partial charge is 0.408 e. The maximum Gasteiger partial charge on any atom is 0.408 e. The molecule has 3 fully saturated rings. The van der Waals surface area contributed by atoms with Gasteiger partial charge in [-0.25, -0.2) is 19.6 Å². The van der Waals surface area contributed by atoms with E-state index in [2.05, 4.69) is 20.9 Å². The van der Waals surface area contributed by atoms with Gasteiger partial charge in [-0.1, -0.05) is 25.0 Å². The maximum atomic E-state index is 14.5. The number of carboxylic acid groups (broad SMARTS) is 1. The lowest BCUT2D eigenvalue weighted by Crippen LogP contribution is -2.56. The van der Waals surface area contributed by atoms with E-state index in [0.29, 0.717) is 51.8 Å². The largest absolute Gasteiger partial charge is 0.497 e. The number of alkyl carbamates (subject to hydrolysis) is 1. The molecule has 2 aliphatic heterocycles. The number of hydrogen-bond acceptors (Lipinski definition) is 11. The van der Waals surface area contributed by atoms with Crippen LogP contribution in [-0.2, 0) is 23.9 Å². The molecule has 15 nitrogen and oxygen atoms in total. The molecule has 292 valence electrons. The molecule has 4 aliphatic rings. The lowest BCUT2D eigenvalue weighted by atomic mass is 10.0. The highest BCUT2D eigenvalue weighted by atomic mass is 32.1. The van der Waals surface area contributed by atoms with Crippen LogP contribution >= 0.6 is 11.3 Å². The number of ether oxygens (including phenoxy) is 3. The molecule has 3 aromatic rings. The number of carbonyl (C=O) groups excluding carboxylic acids is 4. The van der Waals surface area contributed by atoms with Crippen molar-refractivity contribution in [1.29, 1.82) is 0 Å². The minimum Gasteiger partial charge on any atom is -0.497 e. The first-order chi connectivity index (χ1) is 26.5. The third kappa shape index (κ3) is 8.53. The summed E-state index contributed by atoms with van der Waals surface area (Å²) in [6, 6.07) is 5.03. The summed E-state index contributed by atoms with van der Waals surface area (Å²) in [5.74, 6) is -1.83. The fourth-order valence-electron chi connectivity index (χ4n) is 7.79. The Morgan fingerprint density at radius 2 is 1.82 bits per heavy atom. The van der Waals surface area contributed by atoms with Crippen LogP contribution in [-0.4, -0.2) is 93.2 Å². The van der Waals surface area contributed by atoms with Crippen LogP contribution in [0.1, 0.15) is 77.6 Å². The van der Waals surface area contributed by atoms with Crippen LogP contribution in [0.25, 0.3) is 22.3 Å². The molecule has 0 radical (unpaired) electrons. The van der Waals surface area contributed by atoms with Crippen molar-refractivity contribution in [2.45, 2.75) is 107 Å². The number of thiazole rings is 1. The highest BCUT2D eigenvalue weighted by Gasteiger charge is 2.61. The second-order valence-corrected chi connectivity index (χ2v) is 15.6. The van der Waals surface area contributed by atoms with Gasteiger partial charge in [-0.2, -0.15) is 0 Å². The van der Waals surface area contributed by atoms with Gasteiger partial charge in [0.2, 0.25) is 17.7 Å². The predicted octanol–water partition coefficient (Wildman–Crippen LogP) is 5.19. The van der Waals surface area contributed by atoms with Crippen molar-refractivity contribution in [3.63, 3.8) is 0 Å². The lowest BCUT2D eigenvalue weighted by Gasteiger charge is -2.29. The number of carbonyl (C=O) groups is 5. The number of aliphatic carboxylic acids is 1. The average molecular weight is 775 g/mol.